The topological polar surface area (TPSA) is 18.5 Å². The van der Waals surface area contributed by atoms with Crippen LogP contribution in [0.5, 0.6) is 0 Å². The molecule has 1 saturated heterocycles. The van der Waals surface area contributed by atoms with Crippen molar-refractivity contribution in [3.63, 3.8) is 0 Å². The summed E-state index contributed by atoms with van der Waals surface area (Å²) >= 11 is 2.43. The molecule has 16 heavy (non-hydrogen) atoms. The maximum absolute atomic E-state index is 5.60. The molecule has 0 aromatic carbocycles. The summed E-state index contributed by atoms with van der Waals surface area (Å²) in [6.07, 6.45) is 13.1. The number of hydrogen-bond acceptors (Lipinski definition) is 2. The second kappa shape index (κ2) is 10.5. The van der Waals surface area contributed by atoms with E-state index in [9.17, 15) is 0 Å². The highest BCUT2D eigenvalue weighted by atomic mass is 127. The van der Waals surface area contributed by atoms with Crippen molar-refractivity contribution in [3.05, 3.63) is 12.2 Å². The lowest BCUT2D eigenvalue weighted by Gasteiger charge is -2.21. The van der Waals surface area contributed by atoms with Gasteiger partial charge in [0.15, 0.2) is 6.29 Å². The van der Waals surface area contributed by atoms with Crippen LogP contribution < -0.4 is 0 Å². The molecule has 3 heteroatoms. The van der Waals surface area contributed by atoms with E-state index in [2.05, 4.69) is 34.7 Å². The molecule has 0 saturated carbocycles. The second-order valence-electron chi connectivity index (χ2n) is 4.14. The molecule has 0 N–H and O–H groups in total. The molecule has 0 radical (unpaired) electrons. The number of halogens is 1. The first kappa shape index (κ1) is 14.5. The monoisotopic (exact) mass is 338 g/mol. The fourth-order valence-electron chi connectivity index (χ4n) is 1.72. The van der Waals surface area contributed by atoms with Crippen molar-refractivity contribution in [2.24, 2.45) is 0 Å². The van der Waals surface area contributed by atoms with Crippen molar-refractivity contribution in [2.75, 3.05) is 17.6 Å². The second-order valence-corrected chi connectivity index (χ2v) is 5.22. The van der Waals surface area contributed by atoms with E-state index in [1.165, 1.54) is 43.0 Å². The van der Waals surface area contributed by atoms with Crippen LogP contribution in [0.15, 0.2) is 12.2 Å². The molecule has 0 amide bonds. The lowest BCUT2D eigenvalue weighted by molar-refractivity contribution is -0.155. The summed E-state index contributed by atoms with van der Waals surface area (Å²) in [7, 11) is 0. The van der Waals surface area contributed by atoms with E-state index in [0.717, 1.165) is 13.0 Å². The lowest BCUT2D eigenvalue weighted by Crippen LogP contribution is -2.22. The number of hydrogen-bond donors (Lipinski definition) is 0. The van der Waals surface area contributed by atoms with E-state index >= 15 is 0 Å². The Morgan fingerprint density at radius 3 is 2.88 bits per heavy atom. The molecule has 0 spiro atoms. The minimum Gasteiger partial charge on any atom is -0.353 e. The van der Waals surface area contributed by atoms with Crippen LogP contribution in [-0.2, 0) is 9.47 Å². The quantitative estimate of drug-likeness (QED) is 0.287. The molecular formula is C13H23IO2. The van der Waals surface area contributed by atoms with Crippen LogP contribution in [0.25, 0.3) is 0 Å². The maximum Gasteiger partial charge on any atom is 0.157 e. The molecule has 0 aromatic rings. The number of ether oxygens (including phenoxy) is 2. The van der Waals surface area contributed by atoms with E-state index in [-0.39, 0.29) is 6.29 Å². The zero-order chi connectivity index (χ0) is 11.5. The third kappa shape index (κ3) is 7.63. The fourth-order valence-corrected chi connectivity index (χ4v) is 2.26. The molecule has 0 aromatic heterocycles. The molecule has 1 unspecified atom stereocenters. The summed E-state index contributed by atoms with van der Waals surface area (Å²) in [6.45, 7) is 1.57. The van der Waals surface area contributed by atoms with Crippen molar-refractivity contribution in [1.29, 1.82) is 0 Å². The Labute approximate surface area is 113 Å². The highest BCUT2D eigenvalue weighted by Gasteiger charge is 2.12. The predicted octanol–water partition coefficient (Wildman–Crippen LogP) is 4.08. The largest absolute Gasteiger partial charge is 0.353 e. The first-order chi connectivity index (χ1) is 7.93. The van der Waals surface area contributed by atoms with Crippen molar-refractivity contribution < 1.29 is 9.47 Å². The Bertz CT molecular complexity index is 177. The van der Waals surface area contributed by atoms with Gasteiger partial charge in [-0.05, 0) is 43.0 Å². The average Bonchev–Trinajstić information content (AvgIpc) is 2.34. The zero-order valence-electron chi connectivity index (χ0n) is 10.00. The summed E-state index contributed by atoms with van der Waals surface area (Å²) in [5.74, 6) is 0. The Morgan fingerprint density at radius 2 is 2.12 bits per heavy atom. The molecule has 1 atom stereocenters. The molecule has 1 heterocycles. The summed E-state index contributed by atoms with van der Waals surface area (Å²) in [4.78, 5) is 0. The Hall–Kier alpha value is 0.390. The van der Waals surface area contributed by atoms with Crippen molar-refractivity contribution in [2.45, 2.75) is 51.2 Å². The molecule has 1 fully saturated rings. The predicted molar refractivity (Wildman–Crippen MR) is 76.0 cm³/mol. The molecule has 1 aliphatic rings. The number of allylic oxidation sites excluding steroid dienone is 1. The molecular weight excluding hydrogens is 315 g/mol. The van der Waals surface area contributed by atoms with Gasteiger partial charge in [-0.1, -0.05) is 41.2 Å². The Kier molecular flexibility index (Phi) is 9.52. The van der Waals surface area contributed by atoms with Gasteiger partial charge < -0.3 is 9.47 Å². The van der Waals surface area contributed by atoms with Crippen LogP contribution >= 0.6 is 22.6 Å². The van der Waals surface area contributed by atoms with Gasteiger partial charge in [-0.3, -0.25) is 0 Å². The van der Waals surface area contributed by atoms with Gasteiger partial charge in [0.25, 0.3) is 0 Å². The SMILES string of the molecule is ICCCCC/C=C/COC1CCCCO1. The van der Waals surface area contributed by atoms with Crippen LogP contribution in [0.2, 0.25) is 0 Å². The molecule has 1 aliphatic heterocycles. The van der Waals surface area contributed by atoms with Crippen LogP contribution in [-0.4, -0.2) is 23.9 Å². The minimum atomic E-state index is 0.0532. The van der Waals surface area contributed by atoms with Crippen LogP contribution in [0.3, 0.4) is 0 Å². The minimum absolute atomic E-state index is 0.0532. The number of rotatable bonds is 8. The van der Waals surface area contributed by atoms with Gasteiger partial charge in [0.1, 0.15) is 0 Å². The van der Waals surface area contributed by atoms with Crippen molar-refractivity contribution in [1.82, 2.24) is 0 Å². The van der Waals surface area contributed by atoms with Gasteiger partial charge in [-0.15, -0.1) is 0 Å². The van der Waals surface area contributed by atoms with E-state index in [1.54, 1.807) is 0 Å². The smallest absolute Gasteiger partial charge is 0.157 e. The van der Waals surface area contributed by atoms with E-state index < -0.39 is 0 Å². The van der Waals surface area contributed by atoms with Crippen LogP contribution in [0, 0.1) is 0 Å². The van der Waals surface area contributed by atoms with Gasteiger partial charge in [0, 0.05) is 6.61 Å². The summed E-state index contributed by atoms with van der Waals surface area (Å²) in [6, 6.07) is 0. The van der Waals surface area contributed by atoms with Crippen LogP contribution in [0.1, 0.15) is 44.9 Å². The summed E-state index contributed by atoms with van der Waals surface area (Å²) < 4.78 is 12.4. The Balaban J connectivity index is 1.87. The normalized spacial score (nSPS) is 21.7. The lowest BCUT2D eigenvalue weighted by atomic mass is 10.2. The first-order valence-corrected chi connectivity index (χ1v) is 7.90. The van der Waals surface area contributed by atoms with Gasteiger partial charge in [-0.25, -0.2) is 0 Å². The van der Waals surface area contributed by atoms with Crippen LogP contribution in [0.4, 0.5) is 0 Å². The molecule has 1 rings (SSSR count). The van der Waals surface area contributed by atoms with E-state index in [1.807, 2.05) is 0 Å². The van der Waals surface area contributed by atoms with Gasteiger partial charge >= 0.3 is 0 Å². The third-order valence-electron chi connectivity index (χ3n) is 2.69. The van der Waals surface area contributed by atoms with Gasteiger partial charge in [-0.2, -0.15) is 0 Å². The van der Waals surface area contributed by atoms with Crippen molar-refractivity contribution in [3.8, 4) is 0 Å². The zero-order valence-corrected chi connectivity index (χ0v) is 12.2. The summed E-state index contributed by atoms with van der Waals surface area (Å²) in [5, 5.41) is 0. The standard InChI is InChI=1S/C13H23IO2/c14-10-6-3-1-2-4-7-11-15-13-9-5-8-12-16-13/h4,7,13H,1-3,5-6,8-12H2/b7-4+. The van der Waals surface area contributed by atoms with E-state index in [4.69, 9.17) is 9.47 Å². The van der Waals surface area contributed by atoms with Gasteiger partial charge in [0.2, 0.25) is 0 Å². The highest BCUT2D eigenvalue weighted by molar-refractivity contribution is 14.1. The highest BCUT2D eigenvalue weighted by Crippen LogP contribution is 2.13. The average molecular weight is 338 g/mol. The van der Waals surface area contributed by atoms with Gasteiger partial charge in [0.05, 0.1) is 6.61 Å². The number of alkyl halides is 1. The molecule has 0 bridgehead atoms. The maximum atomic E-state index is 5.60. The molecule has 0 aliphatic carbocycles. The Morgan fingerprint density at radius 1 is 1.19 bits per heavy atom. The van der Waals surface area contributed by atoms with E-state index in [0.29, 0.717) is 6.61 Å². The molecule has 94 valence electrons. The van der Waals surface area contributed by atoms with Crippen molar-refractivity contribution >= 4 is 22.6 Å². The molecule has 2 nitrogen and oxygen atoms in total. The number of unbranched alkanes of at least 4 members (excludes halogenated alkanes) is 3. The third-order valence-corrected chi connectivity index (χ3v) is 3.45. The first-order valence-electron chi connectivity index (χ1n) is 6.37. The fraction of sp³-hybridized carbons (Fsp3) is 0.846. The summed E-state index contributed by atoms with van der Waals surface area (Å²) in [5.41, 5.74) is 0.